The number of benzene rings is 1. The van der Waals surface area contributed by atoms with Gasteiger partial charge in [-0.1, -0.05) is 37.6 Å². The van der Waals surface area contributed by atoms with E-state index in [0.717, 1.165) is 12.1 Å². The molecule has 1 aromatic carbocycles. The second-order valence-corrected chi connectivity index (χ2v) is 5.92. The number of imide groups is 1. The van der Waals surface area contributed by atoms with Crippen molar-refractivity contribution in [2.24, 2.45) is 5.92 Å². The van der Waals surface area contributed by atoms with E-state index in [0.29, 0.717) is 13.0 Å². The van der Waals surface area contributed by atoms with Gasteiger partial charge in [0.1, 0.15) is 0 Å². The van der Waals surface area contributed by atoms with Gasteiger partial charge in [-0.05, 0) is 31.5 Å². The van der Waals surface area contributed by atoms with Gasteiger partial charge in [0, 0.05) is 18.9 Å². The van der Waals surface area contributed by atoms with Crippen LogP contribution in [0, 0.1) is 19.8 Å². The molecular formula is C17H24N2O2. The van der Waals surface area contributed by atoms with Gasteiger partial charge >= 0.3 is 0 Å². The van der Waals surface area contributed by atoms with E-state index in [9.17, 15) is 9.59 Å². The maximum atomic E-state index is 12.1. The van der Waals surface area contributed by atoms with Gasteiger partial charge in [-0.3, -0.25) is 14.5 Å². The summed E-state index contributed by atoms with van der Waals surface area (Å²) in [5.74, 6) is -0.285. The fraction of sp³-hybridized carbons (Fsp3) is 0.529. The summed E-state index contributed by atoms with van der Waals surface area (Å²) in [5.41, 5.74) is 3.56. The number of carbonyl (C=O) groups excluding carboxylic acids is 2. The second kappa shape index (κ2) is 6.39. The first-order valence-electron chi connectivity index (χ1n) is 7.58. The first kappa shape index (κ1) is 15.7. The lowest BCUT2D eigenvalue weighted by Crippen LogP contribution is -2.39. The molecule has 2 amide bonds. The second-order valence-electron chi connectivity index (χ2n) is 5.92. The van der Waals surface area contributed by atoms with Crippen molar-refractivity contribution in [2.45, 2.75) is 40.2 Å². The summed E-state index contributed by atoms with van der Waals surface area (Å²) in [4.78, 5) is 25.5. The highest BCUT2D eigenvalue weighted by molar-refractivity contribution is 6.03. The molecule has 0 bridgehead atoms. The number of aryl methyl sites for hydroxylation is 2. The third kappa shape index (κ3) is 3.32. The maximum absolute atomic E-state index is 12.1. The van der Waals surface area contributed by atoms with Gasteiger partial charge in [0.25, 0.3) is 0 Å². The quantitative estimate of drug-likeness (QED) is 0.846. The zero-order valence-corrected chi connectivity index (χ0v) is 13.3. The largest absolute Gasteiger partial charge is 0.309 e. The zero-order valence-electron chi connectivity index (χ0n) is 13.3. The molecule has 21 heavy (non-hydrogen) atoms. The highest BCUT2D eigenvalue weighted by Crippen LogP contribution is 2.25. The number of carbonyl (C=O) groups is 2. The van der Waals surface area contributed by atoms with Gasteiger partial charge in [-0.15, -0.1) is 0 Å². The summed E-state index contributed by atoms with van der Waals surface area (Å²) in [6, 6.07) is 6.29. The number of likely N-dealkylation sites (N-methyl/N-ethyl adjacent to an activating group) is 1. The summed E-state index contributed by atoms with van der Waals surface area (Å²) >= 11 is 0. The lowest BCUT2D eigenvalue weighted by Gasteiger charge is -2.25. The van der Waals surface area contributed by atoms with E-state index in [-0.39, 0.29) is 23.8 Å². The molecule has 1 aromatic rings. The SMILES string of the molecule is CCNC(CN1C(=O)CC(C)C1=O)c1ccc(C)cc1C. The first-order chi connectivity index (χ1) is 9.93. The molecule has 1 saturated heterocycles. The number of nitrogens with one attached hydrogen (secondary N) is 1. The molecule has 1 aliphatic rings. The third-order valence-electron chi connectivity index (χ3n) is 4.09. The van der Waals surface area contributed by atoms with Crippen molar-refractivity contribution in [1.29, 1.82) is 0 Å². The van der Waals surface area contributed by atoms with E-state index in [1.54, 1.807) is 0 Å². The van der Waals surface area contributed by atoms with Crippen molar-refractivity contribution in [3.8, 4) is 0 Å². The molecule has 0 aromatic heterocycles. The van der Waals surface area contributed by atoms with Crippen LogP contribution in [0.4, 0.5) is 0 Å². The Hall–Kier alpha value is -1.68. The molecule has 0 saturated carbocycles. The van der Waals surface area contributed by atoms with Crippen molar-refractivity contribution >= 4 is 11.8 Å². The number of hydrogen-bond acceptors (Lipinski definition) is 3. The Morgan fingerprint density at radius 1 is 1.33 bits per heavy atom. The monoisotopic (exact) mass is 288 g/mol. The normalized spacial score (nSPS) is 20.2. The van der Waals surface area contributed by atoms with Gasteiger partial charge in [-0.2, -0.15) is 0 Å². The molecular weight excluding hydrogens is 264 g/mol. The van der Waals surface area contributed by atoms with E-state index in [2.05, 4.69) is 37.4 Å². The molecule has 2 unspecified atom stereocenters. The summed E-state index contributed by atoms with van der Waals surface area (Å²) < 4.78 is 0. The van der Waals surface area contributed by atoms with Crippen molar-refractivity contribution in [2.75, 3.05) is 13.1 Å². The first-order valence-corrected chi connectivity index (χ1v) is 7.58. The topological polar surface area (TPSA) is 49.4 Å². The van der Waals surface area contributed by atoms with Crippen LogP contribution in [-0.4, -0.2) is 29.8 Å². The Balaban J connectivity index is 2.23. The summed E-state index contributed by atoms with van der Waals surface area (Å²) in [6.45, 7) is 9.20. The zero-order chi connectivity index (χ0) is 15.6. The van der Waals surface area contributed by atoms with Gasteiger partial charge in [0.2, 0.25) is 11.8 Å². The highest BCUT2D eigenvalue weighted by Gasteiger charge is 2.36. The number of rotatable bonds is 5. The Labute approximate surface area is 126 Å². The lowest BCUT2D eigenvalue weighted by molar-refractivity contribution is -0.139. The van der Waals surface area contributed by atoms with Gasteiger partial charge in [-0.25, -0.2) is 0 Å². The highest BCUT2D eigenvalue weighted by atomic mass is 16.2. The van der Waals surface area contributed by atoms with E-state index in [1.807, 2.05) is 13.8 Å². The molecule has 2 rings (SSSR count). The molecule has 1 aliphatic heterocycles. The van der Waals surface area contributed by atoms with Crippen molar-refractivity contribution in [3.63, 3.8) is 0 Å². The molecule has 114 valence electrons. The van der Waals surface area contributed by atoms with Crippen LogP contribution in [-0.2, 0) is 9.59 Å². The Morgan fingerprint density at radius 2 is 2.05 bits per heavy atom. The minimum absolute atomic E-state index is 0.00574. The fourth-order valence-corrected chi connectivity index (χ4v) is 2.96. The van der Waals surface area contributed by atoms with Crippen molar-refractivity contribution in [1.82, 2.24) is 10.2 Å². The fourth-order valence-electron chi connectivity index (χ4n) is 2.96. The average molecular weight is 288 g/mol. The minimum Gasteiger partial charge on any atom is -0.309 e. The molecule has 2 atom stereocenters. The van der Waals surface area contributed by atoms with Gasteiger partial charge in [0.15, 0.2) is 0 Å². The molecule has 4 nitrogen and oxygen atoms in total. The number of hydrogen-bond donors (Lipinski definition) is 1. The molecule has 4 heteroatoms. The van der Waals surface area contributed by atoms with Crippen molar-refractivity contribution < 1.29 is 9.59 Å². The average Bonchev–Trinajstić information content (AvgIpc) is 2.65. The van der Waals surface area contributed by atoms with Gasteiger partial charge in [0.05, 0.1) is 6.04 Å². The Bertz CT molecular complexity index is 554. The molecule has 0 aliphatic carbocycles. The predicted octanol–water partition coefficient (Wildman–Crippen LogP) is 2.35. The summed E-state index contributed by atoms with van der Waals surface area (Å²) in [6.07, 6.45) is 0.338. The van der Waals surface area contributed by atoms with Crippen LogP contribution in [0.3, 0.4) is 0 Å². The van der Waals surface area contributed by atoms with Crippen molar-refractivity contribution in [3.05, 3.63) is 34.9 Å². The molecule has 1 fully saturated rings. The van der Waals surface area contributed by atoms with Crippen LogP contribution >= 0.6 is 0 Å². The molecule has 0 spiro atoms. The molecule has 1 heterocycles. The van der Waals surface area contributed by atoms with Crippen LogP contribution in [0.25, 0.3) is 0 Å². The van der Waals surface area contributed by atoms with E-state index in [4.69, 9.17) is 0 Å². The van der Waals surface area contributed by atoms with E-state index < -0.39 is 0 Å². The maximum Gasteiger partial charge on any atom is 0.232 e. The smallest absolute Gasteiger partial charge is 0.232 e. The Morgan fingerprint density at radius 3 is 2.57 bits per heavy atom. The predicted molar refractivity (Wildman–Crippen MR) is 82.8 cm³/mol. The summed E-state index contributed by atoms with van der Waals surface area (Å²) in [5, 5.41) is 3.40. The van der Waals surface area contributed by atoms with Crippen LogP contribution in [0.2, 0.25) is 0 Å². The standard InChI is InChI=1S/C17H24N2O2/c1-5-18-15(14-7-6-11(2)8-12(14)3)10-19-16(20)9-13(4)17(19)21/h6-8,13,15,18H,5,9-10H2,1-4H3. The number of likely N-dealkylation sites (tertiary alicyclic amines) is 1. The Kier molecular flexibility index (Phi) is 4.78. The summed E-state index contributed by atoms with van der Waals surface area (Å²) in [7, 11) is 0. The van der Waals surface area contributed by atoms with Crippen LogP contribution in [0.15, 0.2) is 18.2 Å². The van der Waals surface area contributed by atoms with E-state index >= 15 is 0 Å². The number of amides is 2. The molecule has 1 N–H and O–H groups in total. The van der Waals surface area contributed by atoms with E-state index in [1.165, 1.54) is 16.0 Å². The lowest BCUT2D eigenvalue weighted by atomic mass is 9.98. The van der Waals surface area contributed by atoms with Crippen LogP contribution in [0.5, 0.6) is 0 Å². The molecule has 0 radical (unpaired) electrons. The number of nitrogens with zero attached hydrogens (tertiary/aromatic N) is 1. The van der Waals surface area contributed by atoms with Crippen LogP contribution in [0.1, 0.15) is 43.0 Å². The third-order valence-corrected chi connectivity index (χ3v) is 4.09. The van der Waals surface area contributed by atoms with Crippen LogP contribution < -0.4 is 5.32 Å². The van der Waals surface area contributed by atoms with Gasteiger partial charge < -0.3 is 5.32 Å². The minimum atomic E-state index is -0.182.